The van der Waals surface area contributed by atoms with Crippen LogP contribution in [0.25, 0.3) is 16.8 Å². The molecule has 8 heteroatoms. The van der Waals surface area contributed by atoms with Crippen molar-refractivity contribution < 1.29 is 9.13 Å². The highest BCUT2D eigenvalue weighted by Gasteiger charge is 2.14. The van der Waals surface area contributed by atoms with Crippen LogP contribution in [0.15, 0.2) is 54.6 Å². The Morgan fingerprint density at radius 1 is 0.968 bits per heavy atom. The van der Waals surface area contributed by atoms with Crippen LogP contribution in [0.2, 0.25) is 5.28 Å². The molecule has 0 N–H and O–H groups in total. The van der Waals surface area contributed by atoms with E-state index >= 15 is 0 Å². The molecule has 0 spiro atoms. The Morgan fingerprint density at radius 2 is 1.84 bits per heavy atom. The van der Waals surface area contributed by atoms with Gasteiger partial charge in [0.25, 0.3) is 0 Å². The summed E-state index contributed by atoms with van der Waals surface area (Å²) >= 11 is 6.00. The first-order chi connectivity index (χ1) is 15.2. The summed E-state index contributed by atoms with van der Waals surface area (Å²) in [6, 6.07) is 16.2. The first-order valence-corrected chi connectivity index (χ1v) is 10.7. The number of rotatable bonds is 5. The molecular weight excluding hydrogens is 417 g/mol. The molecule has 2 aromatic heterocycles. The van der Waals surface area contributed by atoms with Crippen LogP contribution in [0.5, 0.6) is 11.6 Å². The van der Waals surface area contributed by atoms with Crippen molar-refractivity contribution in [2.45, 2.75) is 25.8 Å². The van der Waals surface area contributed by atoms with Crippen LogP contribution in [-0.2, 0) is 6.54 Å². The molecule has 0 unspecified atom stereocenters. The lowest BCUT2D eigenvalue weighted by molar-refractivity contribution is 0.221. The van der Waals surface area contributed by atoms with Gasteiger partial charge in [-0.05, 0) is 72.9 Å². The van der Waals surface area contributed by atoms with Crippen LogP contribution in [-0.4, -0.2) is 37.8 Å². The summed E-state index contributed by atoms with van der Waals surface area (Å²) in [5.74, 6) is 0.267. The van der Waals surface area contributed by atoms with Gasteiger partial charge in [0, 0.05) is 24.2 Å². The molecule has 0 radical (unpaired) electrons. The van der Waals surface area contributed by atoms with Crippen molar-refractivity contribution >= 4 is 17.2 Å². The molecule has 4 aromatic rings. The average Bonchev–Trinajstić information content (AvgIpc) is 3.15. The van der Waals surface area contributed by atoms with E-state index in [2.05, 4.69) is 32.3 Å². The van der Waals surface area contributed by atoms with Crippen LogP contribution in [0.1, 0.15) is 24.8 Å². The van der Waals surface area contributed by atoms with E-state index in [1.165, 1.54) is 41.5 Å². The summed E-state index contributed by atoms with van der Waals surface area (Å²) in [5.41, 5.74) is 3.49. The second-order valence-electron chi connectivity index (χ2n) is 7.69. The Bertz CT molecular complexity index is 1220. The van der Waals surface area contributed by atoms with Gasteiger partial charge in [-0.2, -0.15) is 4.52 Å². The van der Waals surface area contributed by atoms with Crippen molar-refractivity contribution in [3.05, 3.63) is 71.3 Å². The summed E-state index contributed by atoms with van der Waals surface area (Å²) in [6.07, 6.45) is 3.82. The number of ether oxygens (including phenoxy) is 1. The molecular formula is C23H21ClFN5O. The maximum Gasteiger partial charge on any atom is 0.246 e. The van der Waals surface area contributed by atoms with Gasteiger partial charge < -0.3 is 4.74 Å². The van der Waals surface area contributed by atoms with Gasteiger partial charge in [0.15, 0.2) is 5.65 Å². The predicted octanol–water partition coefficient (Wildman–Crippen LogP) is 5.36. The highest BCUT2D eigenvalue weighted by atomic mass is 35.5. The fraction of sp³-hybridized carbons (Fsp3) is 0.261. The van der Waals surface area contributed by atoms with Crippen molar-refractivity contribution in [2.75, 3.05) is 13.1 Å². The minimum Gasteiger partial charge on any atom is -0.437 e. The van der Waals surface area contributed by atoms with E-state index in [1.807, 2.05) is 12.1 Å². The Balaban J connectivity index is 1.45. The maximum absolute atomic E-state index is 14.1. The second-order valence-corrected chi connectivity index (χ2v) is 8.03. The standard InChI is InChI=1S/C23H21ClFN5O/c24-23-27-26-21-9-10-22(28-30(21)23)31-20-14-18(25)7-8-19(20)17-6-4-5-16(13-17)15-29-11-2-1-3-12-29/h4-10,13-14H,1-3,11-12,15H2. The molecule has 1 aliphatic rings. The number of likely N-dealkylation sites (tertiary alicyclic amines) is 1. The number of hydrogen-bond donors (Lipinski definition) is 0. The molecule has 31 heavy (non-hydrogen) atoms. The normalized spacial score (nSPS) is 14.8. The van der Waals surface area contributed by atoms with E-state index in [4.69, 9.17) is 16.3 Å². The van der Waals surface area contributed by atoms with Crippen molar-refractivity contribution in [1.29, 1.82) is 0 Å². The minimum atomic E-state index is -0.383. The van der Waals surface area contributed by atoms with Crippen molar-refractivity contribution in [2.24, 2.45) is 0 Å². The summed E-state index contributed by atoms with van der Waals surface area (Å²) in [6.45, 7) is 3.18. The van der Waals surface area contributed by atoms with Gasteiger partial charge >= 0.3 is 0 Å². The van der Waals surface area contributed by atoms with Gasteiger partial charge in [-0.25, -0.2) is 4.39 Å². The SMILES string of the molecule is Fc1ccc(-c2cccc(CN3CCCCC3)c2)c(Oc2ccc3nnc(Cl)n3n2)c1. The lowest BCUT2D eigenvalue weighted by Crippen LogP contribution is -2.29. The smallest absolute Gasteiger partial charge is 0.246 e. The third-order valence-corrected chi connectivity index (χ3v) is 5.69. The zero-order valence-electron chi connectivity index (χ0n) is 16.8. The van der Waals surface area contributed by atoms with E-state index in [9.17, 15) is 4.39 Å². The zero-order chi connectivity index (χ0) is 21.2. The van der Waals surface area contributed by atoms with E-state index < -0.39 is 0 Å². The number of piperidine rings is 1. The van der Waals surface area contributed by atoms with Crippen LogP contribution in [0.4, 0.5) is 4.39 Å². The lowest BCUT2D eigenvalue weighted by Gasteiger charge is -2.26. The fourth-order valence-electron chi connectivity index (χ4n) is 3.94. The summed E-state index contributed by atoms with van der Waals surface area (Å²) in [5, 5.41) is 12.1. The van der Waals surface area contributed by atoms with Crippen LogP contribution in [0, 0.1) is 5.82 Å². The molecule has 0 amide bonds. The van der Waals surface area contributed by atoms with Crippen molar-refractivity contribution in [3.8, 4) is 22.8 Å². The number of hydrogen-bond acceptors (Lipinski definition) is 5. The van der Waals surface area contributed by atoms with E-state index in [0.717, 1.165) is 30.8 Å². The first-order valence-electron chi connectivity index (χ1n) is 10.3. The molecule has 0 atom stereocenters. The van der Waals surface area contributed by atoms with Gasteiger partial charge in [0.2, 0.25) is 11.2 Å². The maximum atomic E-state index is 14.1. The number of benzene rings is 2. The molecule has 1 saturated heterocycles. The highest BCUT2D eigenvalue weighted by Crippen LogP contribution is 2.34. The number of nitrogens with zero attached hydrogens (tertiary/aromatic N) is 5. The Morgan fingerprint density at radius 3 is 2.71 bits per heavy atom. The van der Waals surface area contributed by atoms with E-state index in [-0.39, 0.29) is 17.0 Å². The molecule has 3 heterocycles. The highest BCUT2D eigenvalue weighted by molar-refractivity contribution is 6.28. The van der Waals surface area contributed by atoms with Gasteiger partial charge in [0.1, 0.15) is 11.6 Å². The van der Waals surface area contributed by atoms with Gasteiger partial charge in [-0.1, -0.05) is 24.6 Å². The predicted molar refractivity (Wildman–Crippen MR) is 117 cm³/mol. The van der Waals surface area contributed by atoms with Gasteiger partial charge in [-0.15, -0.1) is 15.3 Å². The third-order valence-electron chi connectivity index (χ3n) is 5.45. The molecule has 1 fully saturated rings. The topological polar surface area (TPSA) is 55.5 Å². The molecule has 0 aliphatic carbocycles. The quantitative estimate of drug-likeness (QED) is 0.420. The lowest BCUT2D eigenvalue weighted by atomic mass is 10.0. The number of fused-ring (bicyclic) bond motifs is 1. The van der Waals surface area contributed by atoms with Crippen LogP contribution < -0.4 is 4.74 Å². The molecule has 0 saturated carbocycles. The monoisotopic (exact) mass is 437 g/mol. The molecule has 2 aromatic carbocycles. The van der Waals surface area contributed by atoms with Gasteiger partial charge in [0.05, 0.1) is 0 Å². The zero-order valence-corrected chi connectivity index (χ0v) is 17.6. The Labute approximate surface area is 184 Å². The first kappa shape index (κ1) is 19.9. The number of halogens is 2. The molecule has 1 aliphatic heterocycles. The summed E-state index contributed by atoms with van der Waals surface area (Å²) in [4.78, 5) is 2.48. The summed E-state index contributed by atoms with van der Waals surface area (Å²) < 4.78 is 21.4. The van der Waals surface area contributed by atoms with E-state index in [1.54, 1.807) is 18.2 Å². The second kappa shape index (κ2) is 8.61. The van der Waals surface area contributed by atoms with Crippen molar-refractivity contribution in [3.63, 3.8) is 0 Å². The number of aromatic nitrogens is 4. The fourth-order valence-corrected chi connectivity index (χ4v) is 4.11. The van der Waals surface area contributed by atoms with Crippen LogP contribution in [0.3, 0.4) is 0 Å². The summed E-state index contributed by atoms with van der Waals surface area (Å²) in [7, 11) is 0. The van der Waals surface area contributed by atoms with Gasteiger partial charge in [-0.3, -0.25) is 4.90 Å². The third kappa shape index (κ3) is 4.38. The Kier molecular flexibility index (Phi) is 5.53. The molecule has 6 nitrogen and oxygen atoms in total. The van der Waals surface area contributed by atoms with Crippen molar-refractivity contribution in [1.82, 2.24) is 24.7 Å². The van der Waals surface area contributed by atoms with E-state index in [0.29, 0.717) is 11.4 Å². The average molecular weight is 438 g/mol. The molecule has 5 rings (SSSR count). The minimum absolute atomic E-state index is 0.130. The Hall–Kier alpha value is -3.03. The molecule has 158 valence electrons. The molecule has 0 bridgehead atoms. The largest absolute Gasteiger partial charge is 0.437 e. The van der Waals surface area contributed by atoms with Crippen LogP contribution >= 0.6 is 11.6 Å².